The molecule has 3 aromatic rings. The van der Waals surface area contributed by atoms with Crippen molar-refractivity contribution >= 4 is 33.2 Å². The number of non-ortho nitro benzene ring substituents is 1. The van der Waals surface area contributed by atoms with E-state index in [1.165, 1.54) is 35.2 Å². The molecule has 0 aliphatic rings. The number of anilines is 1. The Morgan fingerprint density at radius 3 is 2.20 bits per heavy atom. The van der Waals surface area contributed by atoms with Crippen LogP contribution in [0.1, 0.15) is 45.2 Å². The SMILES string of the molecule is CC[C@H](C(=O)NC(C)(C)C)N(Cc1ccccc1C)C(=O)CN(c1cccc([N+](=O)[O-])c1)S(=O)(=O)c1ccccc1. The maximum Gasteiger partial charge on any atom is 0.271 e. The average Bonchev–Trinajstić information content (AvgIpc) is 2.92. The molecule has 10 nitrogen and oxygen atoms in total. The first kappa shape index (κ1) is 31.3. The van der Waals surface area contributed by atoms with E-state index in [-0.39, 0.29) is 35.1 Å². The number of hydrogen-bond donors (Lipinski definition) is 1. The van der Waals surface area contributed by atoms with Gasteiger partial charge in [0.05, 0.1) is 15.5 Å². The lowest BCUT2D eigenvalue weighted by Gasteiger charge is -2.35. The Morgan fingerprint density at radius 1 is 0.976 bits per heavy atom. The third kappa shape index (κ3) is 7.91. The number of nitro benzene ring substituents is 1. The fourth-order valence-corrected chi connectivity index (χ4v) is 5.78. The third-order valence-electron chi connectivity index (χ3n) is 6.42. The zero-order valence-electron chi connectivity index (χ0n) is 23.9. The number of sulfonamides is 1. The summed E-state index contributed by atoms with van der Waals surface area (Å²) in [5, 5.41) is 14.4. The molecule has 218 valence electrons. The summed E-state index contributed by atoms with van der Waals surface area (Å²) in [5.74, 6) is -0.995. The van der Waals surface area contributed by atoms with E-state index in [2.05, 4.69) is 5.32 Å². The van der Waals surface area contributed by atoms with E-state index in [4.69, 9.17) is 0 Å². The van der Waals surface area contributed by atoms with Crippen LogP contribution in [0.3, 0.4) is 0 Å². The second-order valence-corrected chi connectivity index (χ2v) is 12.6. The maximum atomic E-state index is 14.1. The Hall–Kier alpha value is -4.25. The summed E-state index contributed by atoms with van der Waals surface area (Å²) in [6.07, 6.45) is 0.280. The molecule has 1 atom stereocenters. The van der Waals surface area contributed by atoms with Crippen LogP contribution in [0.25, 0.3) is 0 Å². The molecule has 0 heterocycles. The summed E-state index contributed by atoms with van der Waals surface area (Å²) in [6, 6.07) is 19.2. The fraction of sp³-hybridized carbons (Fsp3) is 0.333. The number of carbonyl (C=O) groups excluding carboxylic acids is 2. The number of carbonyl (C=O) groups is 2. The van der Waals surface area contributed by atoms with Gasteiger partial charge in [-0.15, -0.1) is 0 Å². The normalized spacial score (nSPS) is 12.3. The number of aryl methyl sites for hydroxylation is 1. The van der Waals surface area contributed by atoms with Crippen LogP contribution in [0.5, 0.6) is 0 Å². The van der Waals surface area contributed by atoms with Crippen molar-refractivity contribution in [1.29, 1.82) is 0 Å². The first-order valence-corrected chi connectivity index (χ1v) is 14.7. The van der Waals surface area contributed by atoms with E-state index in [0.717, 1.165) is 21.5 Å². The highest BCUT2D eigenvalue weighted by atomic mass is 32.2. The van der Waals surface area contributed by atoms with Crippen molar-refractivity contribution in [3.05, 3.63) is 100 Å². The van der Waals surface area contributed by atoms with Crippen LogP contribution in [0, 0.1) is 17.0 Å². The summed E-state index contributed by atoms with van der Waals surface area (Å²) in [5.41, 5.74) is 0.781. The molecular formula is C30H36N4O6S. The zero-order valence-corrected chi connectivity index (χ0v) is 24.7. The molecule has 1 N–H and O–H groups in total. The first-order chi connectivity index (χ1) is 19.2. The third-order valence-corrected chi connectivity index (χ3v) is 8.21. The van der Waals surface area contributed by atoms with Crippen molar-refractivity contribution in [3.8, 4) is 0 Å². The average molecular weight is 581 g/mol. The van der Waals surface area contributed by atoms with Crippen molar-refractivity contribution in [2.45, 2.75) is 64.1 Å². The van der Waals surface area contributed by atoms with Crippen molar-refractivity contribution < 1.29 is 22.9 Å². The Morgan fingerprint density at radius 2 is 1.61 bits per heavy atom. The van der Waals surface area contributed by atoms with Gasteiger partial charge >= 0.3 is 0 Å². The highest BCUT2D eigenvalue weighted by molar-refractivity contribution is 7.92. The smallest absolute Gasteiger partial charge is 0.271 e. The highest BCUT2D eigenvalue weighted by Crippen LogP contribution is 2.28. The second kappa shape index (κ2) is 12.9. The first-order valence-electron chi connectivity index (χ1n) is 13.2. The molecule has 0 bridgehead atoms. The molecule has 0 fully saturated rings. The van der Waals surface area contributed by atoms with Crippen LogP contribution in [-0.4, -0.2) is 48.2 Å². The van der Waals surface area contributed by atoms with Crippen molar-refractivity contribution in [3.63, 3.8) is 0 Å². The van der Waals surface area contributed by atoms with Gasteiger partial charge < -0.3 is 10.2 Å². The summed E-state index contributed by atoms with van der Waals surface area (Å²) in [7, 11) is -4.32. The quantitative estimate of drug-likeness (QED) is 0.256. The maximum absolute atomic E-state index is 14.1. The number of benzene rings is 3. The van der Waals surface area contributed by atoms with E-state index < -0.39 is 39.0 Å². The van der Waals surface area contributed by atoms with E-state index >= 15 is 0 Å². The summed E-state index contributed by atoms with van der Waals surface area (Å²) in [6.45, 7) is 8.57. The Bertz CT molecular complexity index is 1500. The van der Waals surface area contributed by atoms with Crippen LogP contribution in [0.4, 0.5) is 11.4 Å². The topological polar surface area (TPSA) is 130 Å². The molecule has 0 unspecified atom stereocenters. The monoisotopic (exact) mass is 580 g/mol. The summed E-state index contributed by atoms with van der Waals surface area (Å²) < 4.78 is 28.6. The van der Waals surface area contributed by atoms with Crippen molar-refractivity contribution in [2.24, 2.45) is 0 Å². The molecule has 0 aromatic heterocycles. The van der Waals surface area contributed by atoms with Gasteiger partial charge in [0.2, 0.25) is 11.8 Å². The lowest BCUT2D eigenvalue weighted by Crippen LogP contribution is -2.55. The molecule has 0 saturated carbocycles. The van der Waals surface area contributed by atoms with Gasteiger partial charge in [0.25, 0.3) is 15.7 Å². The molecule has 0 saturated heterocycles. The van der Waals surface area contributed by atoms with Crippen LogP contribution in [-0.2, 0) is 26.2 Å². The van der Waals surface area contributed by atoms with Gasteiger partial charge in [0.1, 0.15) is 12.6 Å². The molecule has 2 amide bonds. The van der Waals surface area contributed by atoms with Gasteiger partial charge in [-0.25, -0.2) is 8.42 Å². The molecule has 0 aliphatic carbocycles. The van der Waals surface area contributed by atoms with Crippen LogP contribution in [0.15, 0.2) is 83.8 Å². The molecular weight excluding hydrogens is 544 g/mol. The molecule has 0 spiro atoms. The van der Waals surface area contributed by atoms with Crippen LogP contribution < -0.4 is 9.62 Å². The van der Waals surface area contributed by atoms with E-state index in [0.29, 0.717) is 0 Å². The number of nitro groups is 1. The molecule has 3 aromatic carbocycles. The predicted octanol–water partition coefficient (Wildman–Crippen LogP) is 4.82. The molecule has 41 heavy (non-hydrogen) atoms. The number of amides is 2. The Balaban J connectivity index is 2.12. The molecule has 11 heteroatoms. The number of hydrogen-bond acceptors (Lipinski definition) is 6. The van der Waals surface area contributed by atoms with Crippen LogP contribution >= 0.6 is 0 Å². The van der Waals surface area contributed by atoms with E-state index in [9.17, 15) is 28.1 Å². The van der Waals surface area contributed by atoms with Crippen molar-refractivity contribution in [1.82, 2.24) is 10.2 Å². The Kier molecular flexibility index (Phi) is 9.88. The summed E-state index contributed by atoms with van der Waals surface area (Å²) in [4.78, 5) is 39.7. The zero-order chi connectivity index (χ0) is 30.4. The Labute approximate surface area is 241 Å². The van der Waals surface area contributed by atoms with Crippen molar-refractivity contribution in [2.75, 3.05) is 10.8 Å². The lowest BCUT2D eigenvalue weighted by atomic mass is 10.0. The van der Waals surface area contributed by atoms with E-state index in [1.54, 1.807) is 25.1 Å². The number of nitrogens with one attached hydrogen (secondary N) is 1. The van der Waals surface area contributed by atoms with E-state index in [1.807, 2.05) is 52.0 Å². The minimum atomic E-state index is -4.32. The standard InChI is InChI=1S/C30H36N4O6S/c1-6-27(29(36)31-30(3,4)5)32(20-23-14-11-10-13-22(23)2)28(35)21-33(24-15-12-16-25(19-24)34(37)38)41(39,40)26-17-8-7-9-18-26/h7-19,27H,6,20-21H2,1-5H3,(H,31,36)/t27-/m1/s1. The second-order valence-electron chi connectivity index (χ2n) is 10.7. The molecule has 0 aliphatic heterocycles. The molecule has 3 rings (SSSR count). The lowest BCUT2D eigenvalue weighted by molar-refractivity contribution is -0.384. The van der Waals surface area contributed by atoms with Gasteiger partial charge in [0, 0.05) is 24.2 Å². The number of nitrogens with zero attached hydrogens (tertiary/aromatic N) is 3. The van der Waals surface area contributed by atoms with Gasteiger partial charge in [0.15, 0.2) is 0 Å². The van der Waals surface area contributed by atoms with Gasteiger partial charge in [-0.05, 0) is 63.4 Å². The fourth-order valence-electron chi connectivity index (χ4n) is 4.35. The van der Waals surface area contributed by atoms with Gasteiger partial charge in [-0.2, -0.15) is 0 Å². The molecule has 0 radical (unpaired) electrons. The minimum Gasteiger partial charge on any atom is -0.350 e. The minimum absolute atomic E-state index is 0.0422. The van der Waals surface area contributed by atoms with Crippen LogP contribution in [0.2, 0.25) is 0 Å². The van der Waals surface area contributed by atoms with Gasteiger partial charge in [-0.1, -0.05) is 55.5 Å². The highest BCUT2D eigenvalue weighted by Gasteiger charge is 2.35. The van der Waals surface area contributed by atoms with Gasteiger partial charge in [-0.3, -0.25) is 24.0 Å². The predicted molar refractivity (Wildman–Crippen MR) is 158 cm³/mol. The largest absolute Gasteiger partial charge is 0.350 e. The number of rotatable bonds is 11. The summed E-state index contributed by atoms with van der Waals surface area (Å²) >= 11 is 0.